The van der Waals surface area contributed by atoms with Crippen LogP contribution in [-0.4, -0.2) is 45.5 Å². The molecule has 8 heteroatoms. The summed E-state index contributed by atoms with van der Waals surface area (Å²) in [7, 11) is 3.57. The fraction of sp³-hybridized carbons (Fsp3) is 0.294. The third kappa shape index (κ3) is 5.17. The van der Waals surface area contributed by atoms with E-state index < -0.39 is 23.8 Å². The summed E-state index contributed by atoms with van der Waals surface area (Å²) in [6.45, 7) is 1.25. The number of hydrogen-bond donors (Lipinski definition) is 0. The number of methoxy groups -OCH3 is 3. The maximum atomic E-state index is 11.8. The Bertz CT molecular complexity index is 689. The van der Waals surface area contributed by atoms with Gasteiger partial charge in [-0.1, -0.05) is 6.07 Å². The maximum Gasteiger partial charge on any atom is 0.324 e. The van der Waals surface area contributed by atoms with Gasteiger partial charge in [0.15, 0.2) is 17.4 Å². The van der Waals surface area contributed by atoms with Crippen LogP contribution >= 0.6 is 0 Å². The van der Waals surface area contributed by atoms with Gasteiger partial charge in [-0.2, -0.15) is 0 Å². The number of benzene rings is 1. The van der Waals surface area contributed by atoms with Gasteiger partial charge in [-0.05, 0) is 23.8 Å². The first kappa shape index (κ1) is 19.9. The van der Waals surface area contributed by atoms with Crippen molar-refractivity contribution in [3.05, 3.63) is 29.3 Å². The summed E-state index contributed by atoms with van der Waals surface area (Å²) in [4.78, 5) is 46.0. The lowest BCUT2D eigenvalue weighted by Crippen LogP contribution is -2.28. The molecule has 134 valence electrons. The number of carbonyl (C=O) groups excluding carboxylic acids is 4. The first-order chi connectivity index (χ1) is 11.9. The molecule has 0 aliphatic heterocycles. The molecule has 0 bridgehead atoms. The van der Waals surface area contributed by atoms with Crippen LogP contribution in [0.25, 0.3) is 6.08 Å². The first-order valence-electron chi connectivity index (χ1n) is 7.06. The van der Waals surface area contributed by atoms with Gasteiger partial charge in [0, 0.05) is 12.5 Å². The van der Waals surface area contributed by atoms with E-state index in [0.29, 0.717) is 11.8 Å². The van der Waals surface area contributed by atoms with Gasteiger partial charge >= 0.3 is 17.9 Å². The van der Waals surface area contributed by atoms with Gasteiger partial charge < -0.3 is 18.9 Å². The highest BCUT2D eigenvalue weighted by Crippen LogP contribution is 2.29. The Morgan fingerprint density at radius 3 is 2.04 bits per heavy atom. The predicted octanol–water partition coefficient (Wildman–Crippen LogP) is 1.16. The smallest absolute Gasteiger partial charge is 0.324 e. The van der Waals surface area contributed by atoms with Crippen LogP contribution < -0.4 is 9.47 Å². The lowest BCUT2D eigenvalue weighted by molar-refractivity contribution is -0.157. The normalized spacial score (nSPS) is 10.8. The highest BCUT2D eigenvalue weighted by atomic mass is 16.6. The largest absolute Gasteiger partial charge is 0.493 e. The Morgan fingerprint density at radius 2 is 1.60 bits per heavy atom. The van der Waals surface area contributed by atoms with Crippen LogP contribution in [-0.2, 0) is 28.7 Å². The summed E-state index contributed by atoms with van der Waals surface area (Å²) in [5.74, 6) is -3.44. The van der Waals surface area contributed by atoms with Crippen molar-refractivity contribution >= 4 is 30.3 Å². The molecule has 25 heavy (non-hydrogen) atoms. The van der Waals surface area contributed by atoms with E-state index in [1.165, 1.54) is 38.3 Å². The van der Waals surface area contributed by atoms with Crippen molar-refractivity contribution in [3.8, 4) is 11.5 Å². The zero-order valence-electron chi connectivity index (χ0n) is 14.2. The molecule has 0 spiro atoms. The van der Waals surface area contributed by atoms with Crippen molar-refractivity contribution in [1.29, 1.82) is 0 Å². The Hall–Kier alpha value is -3.16. The second-order valence-corrected chi connectivity index (χ2v) is 4.75. The summed E-state index contributed by atoms with van der Waals surface area (Å²) in [5.41, 5.74) is 0.286. The van der Waals surface area contributed by atoms with E-state index in [0.717, 1.165) is 14.2 Å². The van der Waals surface area contributed by atoms with E-state index in [1.54, 1.807) is 0 Å². The number of rotatable bonds is 7. The van der Waals surface area contributed by atoms with E-state index in [1.807, 2.05) is 0 Å². The summed E-state index contributed by atoms with van der Waals surface area (Å²) >= 11 is 0. The highest BCUT2D eigenvalue weighted by molar-refractivity contribution is 6.05. The number of carbonyl (C=O) groups is 4. The van der Waals surface area contributed by atoms with Crippen LogP contribution in [0.4, 0.5) is 0 Å². The highest BCUT2D eigenvalue weighted by Gasteiger charge is 2.32. The molecule has 0 aliphatic carbocycles. The van der Waals surface area contributed by atoms with E-state index in [4.69, 9.17) is 9.47 Å². The summed E-state index contributed by atoms with van der Waals surface area (Å²) in [6, 6.07) is 4.46. The van der Waals surface area contributed by atoms with Gasteiger partial charge in [-0.3, -0.25) is 19.2 Å². The lowest BCUT2D eigenvalue weighted by Gasteiger charge is -2.13. The quantitative estimate of drug-likeness (QED) is 0.237. The molecule has 0 radical (unpaired) electrons. The molecule has 0 saturated carbocycles. The minimum absolute atomic E-state index is 0.152. The average molecular weight is 350 g/mol. The number of ether oxygens (including phenoxy) is 4. The molecule has 0 aliphatic rings. The van der Waals surface area contributed by atoms with Gasteiger partial charge in [-0.25, -0.2) is 0 Å². The SMILES string of the molecule is COC(=O)C(C(=O)OC)/C(C=O)=C\c1ccc(OC(C)=O)c(OC)c1. The van der Waals surface area contributed by atoms with Gasteiger partial charge in [0.1, 0.15) is 6.29 Å². The van der Waals surface area contributed by atoms with Crippen molar-refractivity contribution in [2.24, 2.45) is 5.92 Å². The van der Waals surface area contributed by atoms with Crippen molar-refractivity contribution < 1.29 is 38.1 Å². The van der Waals surface area contributed by atoms with Gasteiger partial charge in [0.25, 0.3) is 0 Å². The molecule has 0 amide bonds. The maximum absolute atomic E-state index is 11.8. The minimum Gasteiger partial charge on any atom is -0.493 e. The monoisotopic (exact) mass is 350 g/mol. The van der Waals surface area contributed by atoms with Crippen molar-refractivity contribution in [2.45, 2.75) is 6.92 Å². The van der Waals surface area contributed by atoms with E-state index in [2.05, 4.69) is 9.47 Å². The average Bonchev–Trinajstić information content (AvgIpc) is 2.60. The van der Waals surface area contributed by atoms with Crippen LogP contribution in [0, 0.1) is 5.92 Å². The second kappa shape index (κ2) is 9.21. The predicted molar refractivity (Wildman–Crippen MR) is 85.9 cm³/mol. The van der Waals surface area contributed by atoms with Crippen molar-refractivity contribution in [1.82, 2.24) is 0 Å². The summed E-state index contributed by atoms with van der Waals surface area (Å²) in [5, 5.41) is 0. The van der Waals surface area contributed by atoms with E-state index in [-0.39, 0.29) is 17.1 Å². The van der Waals surface area contributed by atoms with E-state index >= 15 is 0 Å². The van der Waals surface area contributed by atoms with Crippen LogP contribution in [0.2, 0.25) is 0 Å². The van der Waals surface area contributed by atoms with Crippen LogP contribution in [0.1, 0.15) is 12.5 Å². The van der Waals surface area contributed by atoms with Gasteiger partial charge in [-0.15, -0.1) is 0 Å². The number of aldehydes is 1. The van der Waals surface area contributed by atoms with E-state index in [9.17, 15) is 19.2 Å². The molecule has 0 heterocycles. The number of esters is 3. The van der Waals surface area contributed by atoms with Crippen LogP contribution in [0.5, 0.6) is 11.5 Å². The zero-order valence-corrected chi connectivity index (χ0v) is 14.2. The van der Waals surface area contributed by atoms with Crippen molar-refractivity contribution in [3.63, 3.8) is 0 Å². The number of hydrogen-bond acceptors (Lipinski definition) is 8. The molecule has 1 rings (SSSR count). The van der Waals surface area contributed by atoms with Crippen LogP contribution in [0.3, 0.4) is 0 Å². The Balaban J connectivity index is 3.32. The molecule has 0 aromatic heterocycles. The third-order valence-electron chi connectivity index (χ3n) is 3.12. The lowest BCUT2D eigenvalue weighted by atomic mass is 9.97. The third-order valence-corrected chi connectivity index (χ3v) is 3.12. The minimum atomic E-state index is -1.51. The Kier molecular flexibility index (Phi) is 7.33. The van der Waals surface area contributed by atoms with Gasteiger partial charge in [0.2, 0.25) is 0 Å². The standard InChI is InChI=1S/C17H18O8/c1-10(19)25-13-6-5-11(8-14(13)22-2)7-12(9-18)15(16(20)23-3)17(21)24-4/h5-9,15H,1-4H3/b12-7-. The Morgan fingerprint density at radius 1 is 1.00 bits per heavy atom. The molecule has 1 aromatic rings. The zero-order chi connectivity index (χ0) is 19.0. The first-order valence-corrected chi connectivity index (χ1v) is 7.06. The molecule has 0 unspecified atom stereocenters. The summed E-state index contributed by atoms with van der Waals surface area (Å²) < 4.78 is 19.2. The second-order valence-electron chi connectivity index (χ2n) is 4.75. The molecule has 8 nitrogen and oxygen atoms in total. The molecular weight excluding hydrogens is 332 g/mol. The fourth-order valence-electron chi connectivity index (χ4n) is 2.00. The Labute approximate surface area is 144 Å². The molecule has 0 fully saturated rings. The molecule has 0 atom stereocenters. The molecular formula is C17H18O8. The molecule has 1 aromatic carbocycles. The molecule has 0 N–H and O–H groups in total. The fourth-order valence-corrected chi connectivity index (χ4v) is 2.00. The van der Waals surface area contributed by atoms with Crippen molar-refractivity contribution in [2.75, 3.05) is 21.3 Å². The van der Waals surface area contributed by atoms with Crippen LogP contribution in [0.15, 0.2) is 23.8 Å². The van der Waals surface area contributed by atoms with Gasteiger partial charge in [0.05, 0.1) is 21.3 Å². The topological polar surface area (TPSA) is 105 Å². The molecule has 0 saturated heterocycles. The summed E-state index contributed by atoms with van der Waals surface area (Å²) in [6.07, 6.45) is 1.68.